The average Bonchev–Trinajstić information content (AvgIpc) is 2.42. The summed E-state index contributed by atoms with van der Waals surface area (Å²) in [5.41, 5.74) is 3.97. The van der Waals surface area contributed by atoms with E-state index in [1.54, 1.807) is 0 Å². The molecule has 0 N–H and O–H groups in total. The molecule has 0 spiro atoms. The lowest BCUT2D eigenvalue weighted by Gasteiger charge is -2.16. The number of hydrogen-bond acceptors (Lipinski definition) is 1. The monoisotopic (exact) mass is 251 g/mol. The highest BCUT2D eigenvalue weighted by Crippen LogP contribution is 2.10. The summed E-state index contributed by atoms with van der Waals surface area (Å²) in [6.45, 7) is 4.00. The van der Waals surface area contributed by atoms with E-state index in [4.69, 9.17) is 0 Å². The van der Waals surface area contributed by atoms with Gasteiger partial charge in [0.25, 0.3) is 0 Å². The minimum absolute atomic E-state index is 0.977. The maximum absolute atomic E-state index is 2.33. The van der Waals surface area contributed by atoms with Crippen LogP contribution < -0.4 is 0 Å². The van der Waals surface area contributed by atoms with Crippen molar-refractivity contribution < 1.29 is 0 Å². The predicted molar refractivity (Wildman–Crippen MR) is 82.8 cm³/mol. The van der Waals surface area contributed by atoms with E-state index in [9.17, 15) is 0 Å². The summed E-state index contributed by atoms with van der Waals surface area (Å²) in [6, 6.07) is 19.3. The Hall–Kier alpha value is -1.86. The molecule has 0 aliphatic heterocycles. The van der Waals surface area contributed by atoms with Crippen LogP contribution in [0.5, 0.6) is 0 Å². The van der Waals surface area contributed by atoms with Crippen molar-refractivity contribution in [2.75, 3.05) is 7.05 Å². The zero-order valence-electron chi connectivity index (χ0n) is 11.7. The largest absolute Gasteiger partial charge is 0.298 e. The van der Waals surface area contributed by atoms with Crippen LogP contribution in [0.4, 0.5) is 0 Å². The molecule has 0 saturated heterocycles. The highest BCUT2D eigenvalue weighted by Gasteiger charge is 2.01. The third kappa shape index (κ3) is 4.38. The third-order valence-electron chi connectivity index (χ3n) is 3.09. The van der Waals surface area contributed by atoms with Crippen LogP contribution in [0.25, 0.3) is 6.08 Å². The van der Waals surface area contributed by atoms with Crippen LogP contribution in [0.3, 0.4) is 0 Å². The van der Waals surface area contributed by atoms with Gasteiger partial charge in [-0.1, -0.05) is 66.7 Å². The predicted octanol–water partition coefficient (Wildman–Crippen LogP) is 4.35. The molecule has 2 rings (SSSR count). The normalized spacial score (nSPS) is 11.3. The number of hydrogen-bond donors (Lipinski definition) is 0. The second-order valence-electron chi connectivity index (χ2n) is 4.90. The van der Waals surface area contributed by atoms with Gasteiger partial charge in [-0.2, -0.15) is 0 Å². The highest BCUT2D eigenvalue weighted by atomic mass is 15.1. The summed E-state index contributed by atoms with van der Waals surface area (Å²) in [4.78, 5) is 2.33. The van der Waals surface area contributed by atoms with Gasteiger partial charge in [0, 0.05) is 13.1 Å². The molecule has 0 fully saturated rings. The lowest BCUT2D eigenvalue weighted by molar-refractivity contribution is 0.319. The van der Waals surface area contributed by atoms with Crippen LogP contribution in [0, 0.1) is 0 Å². The van der Waals surface area contributed by atoms with Gasteiger partial charge in [-0.25, -0.2) is 0 Å². The first-order valence-corrected chi connectivity index (χ1v) is 6.72. The molecule has 0 unspecified atom stereocenters. The second-order valence-corrected chi connectivity index (χ2v) is 4.90. The standard InChI is InChI=1S/C18H21N/c1-3-7-16-10-12-18(13-11-16)15-19(2)14-17-8-5-4-6-9-17/h3-13H,14-15H2,1-2H3/b7-3+. The van der Waals surface area contributed by atoms with Crippen molar-refractivity contribution in [2.45, 2.75) is 20.0 Å². The van der Waals surface area contributed by atoms with Gasteiger partial charge in [0.05, 0.1) is 0 Å². The minimum Gasteiger partial charge on any atom is -0.298 e. The fraction of sp³-hybridized carbons (Fsp3) is 0.222. The number of rotatable bonds is 5. The first kappa shape index (κ1) is 13.6. The highest BCUT2D eigenvalue weighted by molar-refractivity contribution is 5.49. The second kappa shape index (κ2) is 6.91. The van der Waals surface area contributed by atoms with E-state index >= 15 is 0 Å². The fourth-order valence-corrected chi connectivity index (χ4v) is 2.19. The van der Waals surface area contributed by atoms with Gasteiger partial charge in [0.15, 0.2) is 0 Å². The van der Waals surface area contributed by atoms with E-state index in [1.165, 1.54) is 16.7 Å². The van der Waals surface area contributed by atoms with Crippen molar-refractivity contribution in [3.8, 4) is 0 Å². The van der Waals surface area contributed by atoms with Gasteiger partial charge >= 0.3 is 0 Å². The molecule has 2 aromatic carbocycles. The van der Waals surface area contributed by atoms with E-state index in [2.05, 4.69) is 78.7 Å². The Morgan fingerprint density at radius 3 is 2.00 bits per heavy atom. The quantitative estimate of drug-likeness (QED) is 0.763. The molecular formula is C18H21N. The first-order valence-electron chi connectivity index (χ1n) is 6.72. The summed E-state index contributed by atoms with van der Waals surface area (Å²) < 4.78 is 0. The molecule has 0 aromatic heterocycles. The molecule has 1 nitrogen and oxygen atoms in total. The zero-order valence-corrected chi connectivity index (χ0v) is 11.7. The van der Waals surface area contributed by atoms with Gasteiger partial charge in [-0.15, -0.1) is 0 Å². The molecule has 0 saturated carbocycles. The van der Waals surface area contributed by atoms with Crippen molar-refractivity contribution in [1.82, 2.24) is 4.90 Å². The SMILES string of the molecule is C/C=C/c1ccc(CN(C)Cc2ccccc2)cc1. The minimum atomic E-state index is 0.977. The van der Waals surface area contributed by atoms with Gasteiger partial charge in [-0.05, 0) is 30.7 Å². The Kier molecular flexibility index (Phi) is 4.93. The summed E-state index contributed by atoms with van der Waals surface area (Å²) in [5, 5.41) is 0. The molecular weight excluding hydrogens is 230 g/mol. The summed E-state index contributed by atoms with van der Waals surface area (Å²) in [7, 11) is 2.16. The maximum Gasteiger partial charge on any atom is 0.0234 e. The van der Waals surface area contributed by atoms with Crippen molar-refractivity contribution in [1.29, 1.82) is 0 Å². The molecule has 0 amide bonds. The Balaban J connectivity index is 1.93. The van der Waals surface area contributed by atoms with Crippen LogP contribution in [0.1, 0.15) is 23.6 Å². The maximum atomic E-state index is 2.33. The van der Waals surface area contributed by atoms with Crippen molar-refractivity contribution >= 4 is 6.08 Å². The molecule has 1 heteroatoms. The van der Waals surface area contributed by atoms with Crippen LogP contribution in [0.15, 0.2) is 60.7 Å². The first-order chi connectivity index (χ1) is 9.28. The van der Waals surface area contributed by atoms with Crippen LogP contribution in [-0.2, 0) is 13.1 Å². The molecule has 19 heavy (non-hydrogen) atoms. The van der Waals surface area contributed by atoms with Gasteiger partial charge in [0.2, 0.25) is 0 Å². The van der Waals surface area contributed by atoms with E-state index < -0.39 is 0 Å². The molecule has 0 radical (unpaired) electrons. The molecule has 0 aliphatic carbocycles. The number of nitrogens with zero attached hydrogens (tertiary/aromatic N) is 1. The Morgan fingerprint density at radius 1 is 0.842 bits per heavy atom. The summed E-state index contributed by atoms with van der Waals surface area (Å²) in [6.07, 6.45) is 4.19. The number of benzene rings is 2. The zero-order chi connectivity index (χ0) is 13.5. The van der Waals surface area contributed by atoms with Crippen LogP contribution in [0.2, 0.25) is 0 Å². The Morgan fingerprint density at radius 2 is 1.42 bits per heavy atom. The molecule has 0 heterocycles. The molecule has 0 bridgehead atoms. The summed E-state index contributed by atoms with van der Waals surface area (Å²) >= 11 is 0. The lowest BCUT2D eigenvalue weighted by atomic mass is 10.1. The molecule has 2 aromatic rings. The number of allylic oxidation sites excluding steroid dienone is 1. The smallest absolute Gasteiger partial charge is 0.0234 e. The van der Waals surface area contributed by atoms with Crippen molar-refractivity contribution in [3.05, 3.63) is 77.4 Å². The Bertz CT molecular complexity index is 511. The van der Waals surface area contributed by atoms with Crippen molar-refractivity contribution in [2.24, 2.45) is 0 Å². The van der Waals surface area contributed by atoms with E-state index in [0.29, 0.717) is 0 Å². The van der Waals surface area contributed by atoms with E-state index in [0.717, 1.165) is 13.1 Å². The molecule has 0 atom stereocenters. The van der Waals surface area contributed by atoms with Gasteiger partial charge in [-0.3, -0.25) is 4.90 Å². The Labute approximate surface area is 116 Å². The van der Waals surface area contributed by atoms with E-state index in [1.807, 2.05) is 6.92 Å². The third-order valence-corrected chi connectivity index (χ3v) is 3.09. The van der Waals surface area contributed by atoms with Crippen molar-refractivity contribution in [3.63, 3.8) is 0 Å². The lowest BCUT2D eigenvalue weighted by Crippen LogP contribution is -2.17. The van der Waals surface area contributed by atoms with Gasteiger partial charge < -0.3 is 0 Å². The molecule has 98 valence electrons. The fourth-order valence-electron chi connectivity index (χ4n) is 2.19. The summed E-state index contributed by atoms with van der Waals surface area (Å²) in [5.74, 6) is 0. The average molecular weight is 251 g/mol. The molecule has 0 aliphatic rings. The van der Waals surface area contributed by atoms with Crippen LogP contribution >= 0.6 is 0 Å². The van der Waals surface area contributed by atoms with Gasteiger partial charge in [0.1, 0.15) is 0 Å². The van der Waals surface area contributed by atoms with E-state index in [-0.39, 0.29) is 0 Å². The van der Waals surface area contributed by atoms with Crippen LogP contribution in [-0.4, -0.2) is 11.9 Å². The topological polar surface area (TPSA) is 3.24 Å².